The van der Waals surface area contributed by atoms with Gasteiger partial charge in [-0.1, -0.05) is 6.92 Å². The Kier molecular flexibility index (Phi) is 6.09. The molecule has 3 aliphatic rings. The summed E-state index contributed by atoms with van der Waals surface area (Å²) in [6, 6.07) is -2.72. The van der Waals surface area contributed by atoms with Crippen molar-refractivity contribution in [2.45, 2.75) is 56.2 Å². The molecule has 2 aromatic heterocycles. The Bertz CT molecular complexity index is 1140. The van der Waals surface area contributed by atoms with E-state index in [0.717, 1.165) is 17.2 Å². The highest BCUT2D eigenvalue weighted by Gasteiger charge is 2.57. The fourth-order valence-electron chi connectivity index (χ4n) is 4.77. The quantitative estimate of drug-likeness (QED) is 0.576. The van der Waals surface area contributed by atoms with Crippen molar-refractivity contribution in [3.63, 3.8) is 0 Å². The first-order valence-corrected chi connectivity index (χ1v) is 11.3. The maximum absolute atomic E-state index is 14.7. The molecular weight excluding hydrogens is 496 g/mol. The number of nitrogens with zero attached hydrogens (tertiary/aromatic N) is 6. The van der Waals surface area contributed by atoms with Crippen LogP contribution >= 0.6 is 0 Å². The zero-order chi connectivity index (χ0) is 25.8. The summed E-state index contributed by atoms with van der Waals surface area (Å²) in [7, 11) is 0. The molecule has 0 aliphatic carbocycles. The molecule has 3 fully saturated rings. The van der Waals surface area contributed by atoms with Crippen LogP contribution in [0.5, 0.6) is 0 Å². The first-order valence-electron chi connectivity index (χ1n) is 11.3. The third kappa shape index (κ3) is 4.17. The molecule has 3 saturated heterocycles. The minimum absolute atomic E-state index is 0.0303. The molecule has 196 valence electrons. The molecule has 15 heteroatoms. The van der Waals surface area contributed by atoms with E-state index in [0.29, 0.717) is 0 Å². The van der Waals surface area contributed by atoms with Crippen LogP contribution in [0.3, 0.4) is 0 Å². The lowest BCUT2D eigenvalue weighted by molar-refractivity contribution is -0.0314. The van der Waals surface area contributed by atoms with Gasteiger partial charge in [0.15, 0.2) is 5.82 Å². The summed E-state index contributed by atoms with van der Waals surface area (Å²) in [5.41, 5.74) is 4.79. The van der Waals surface area contributed by atoms with Crippen molar-refractivity contribution in [1.29, 1.82) is 0 Å². The number of halogens is 6. The molecule has 36 heavy (non-hydrogen) atoms. The summed E-state index contributed by atoms with van der Waals surface area (Å²) >= 11 is 0. The molecule has 9 nitrogen and oxygen atoms in total. The number of hydrogen-bond donors (Lipinski definition) is 1. The molecule has 0 saturated carbocycles. The predicted octanol–water partition coefficient (Wildman–Crippen LogP) is 3.27. The Labute approximate surface area is 201 Å². The molecule has 2 bridgehead atoms. The Morgan fingerprint density at radius 1 is 1.14 bits per heavy atom. The van der Waals surface area contributed by atoms with E-state index in [9.17, 15) is 26.3 Å². The van der Waals surface area contributed by atoms with E-state index in [1.54, 1.807) is 0 Å². The molecule has 0 spiro atoms. The van der Waals surface area contributed by atoms with Crippen LogP contribution in [-0.4, -0.2) is 76.5 Å². The van der Waals surface area contributed by atoms with Crippen LogP contribution < -0.4 is 15.5 Å². The number of hydrogen-bond acceptors (Lipinski definition) is 9. The third-order valence-electron chi connectivity index (χ3n) is 6.68. The molecule has 5 heterocycles. The minimum atomic E-state index is -3.19. The smallest absolute Gasteiger partial charge is 0.272 e. The number of alkyl halides is 6. The van der Waals surface area contributed by atoms with E-state index >= 15 is 0 Å². The Hall–Kier alpha value is -2.94. The summed E-state index contributed by atoms with van der Waals surface area (Å²) in [6.45, 7) is 0.330. The Balaban J connectivity index is 1.67. The molecule has 0 amide bonds. The normalized spacial score (nSPS) is 25.7. The summed E-state index contributed by atoms with van der Waals surface area (Å²) < 4.78 is 97.0. The number of anilines is 3. The maximum atomic E-state index is 14.7. The van der Waals surface area contributed by atoms with E-state index in [1.165, 1.54) is 11.8 Å². The third-order valence-corrected chi connectivity index (χ3v) is 6.68. The van der Waals surface area contributed by atoms with Gasteiger partial charge in [0.2, 0.25) is 11.9 Å². The molecule has 5 rings (SSSR count). The molecular formula is C21H23F6N7O2. The molecule has 2 aromatic rings. The fourth-order valence-corrected chi connectivity index (χ4v) is 4.77. The molecule has 0 radical (unpaired) electrons. The van der Waals surface area contributed by atoms with Crippen molar-refractivity contribution in [3.8, 4) is 11.4 Å². The number of pyridine rings is 1. The largest absolute Gasteiger partial charge is 0.384 e. The number of aromatic nitrogens is 4. The Morgan fingerprint density at radius 2 is 1.89 bits per heavy atom. The highest BCUT2D eigenvalue weighted by atomic mass is 19.3. The molecule has 3 unspecified atom stereocenters. The van der Waals surface area contributed by atoms with Crippen LogP contribution in [0.25, 0.3) is 11.4 Å². The van der Waals surface area contributed by atoms with Gasteiger partial charge in [-0.15, -0.1) is 0 Å². The number of ether oxygens (including phenoxy) is 2. The highest BCUT2D eigenvalue weighted by Crippen LogP contribution is 2.44. The lowest BCUT2D eigenvalue weighted by atomic mass is 10.1. The van der Waals surface area contributed by atoms with Gasteiger partial charge in [0.1, 0.15) is 24.6 Å². The van der Waals surface area contributed by atoms with Crippen LogP contribution in [-0.2, 0) is 9.47 Å². The van der Waals surface area contributed by atoms with Gasteiger partial charge in [-0.05, 0) is 6.07 Å². The second-order valence-electron chi connectivity index (χ2n) is 8.94. The molecule has 3 atom stereocenters. The second-order valence-corrected chi connectivity index (χ2v) is 8.94. The first kappa shape index (κ1) is 24.7. The Morgan fingerprint density at radius 3 is 2.58 bits per heavy atom. The average Bonchev–Trinajstić information content (AvgIpc) is 3.39. The van der Waals surface area contributed by atoms with E-state index in [2.05, 4.69) is 19.9 Å². The summed E-state index contributed by atoms with van der Waals surface area (Å²) in [5.74, 6) is -7.39. The predicted molar refractivity (Wildman–Crippen MR) is 115 cm³/mol. The van der Waals surface area contributed by atoms with E-state index in [4.69, 9.17) is 15.2 Å². The van der Waals surface area contributed by atoms with Gasteiger partial charge in [0.05, 0.1) is 25.9 Å². The van der Waals surface area contributed by atoms with Crippen molar-refractivity contribution in [2.24, 2.45) is 0 Å². The summed E-state index contributed by atoms with van der Waals surface area (Å²) in [5, 5.41) is 0. The van der Waals surface area contributed by atoms with Gasteiger partial charge in [-0.2, -0.15) is 15.0 Å². The number of morpholine rings is 1. The van der Waals surface area contributed by atoms with Crippen molar-refractivity contribution in [3.05, 3.63) is 17.8 Å². The lowest BCUT2D eigenvalue weighted by Crippen LogP contribution is -2.51. The van der Waals surface area contributed by atoms with Crippen molar-refractivity contribution >= 4 is 17.7 Å². The average molecular weight is 519 g/mol. The number of nitrogen functional groups attached to an aromatic ring is 1. The zero-order valence-electron chi connectivity index (χ0n) is 19.1. The van der Waals surface area contributed by atoms with Crippen LogP contribution in [0.1, 0.15) is 31.8 Å². The number of fused-ring (bicyclic) bond motifs is 2. The van der Waals surface area contributed by atoms with E-state index in [1.807, 2.05) is 0 Å². The van der Waals surface area contributed by atoms with Crippen molar-refractivity contribution < 1.29 is 35.8 Å². The molecule has 0 aromatic carbocycles. The van der Waals surface area contributed by atoms with Crippen LogP contribution in [0.2, 0.25) is 0 Å². The summed E-state index contributed by atoms with van der Waals surface area (Å²) in [4.78, 5) is 18.9. The van der Waals surface area contributed by atoms with Gasteiger partial charge in [0, 0.05) is 30.2 Å². The SMILES string of the molecule is CCC(F)(F)C1COCN1c1nc(-c2cnc(N)cc2C(F)F)nc(N2C3COCC2C(F)(F)C3)n1. The number of rotatable bonds is 6. The van der Waals surface area contributed by atoms with Gasteiger partial charge < -0.3 is 25.0 Å². The topological polar surface area (TPSA) is 103 Å². The van der Waals surface area contributed by atoms with Crippen LogP contribution in [0.15, 0.2) is 12.3 Å². The van der Waals surface area contributed by atoms with Gasteiger partial charge in [-0.3, -0.25) is 0 Å². The zero-order valence-corrected chi connectivity index (χ0v) is 19.1. The van der Waals surface area contributed by atoms with Crippen molar-refractivity contribution in [2.75, 3.05) is 42.1 Å². The maximum Gasteiger partial charge on any atom is 0.272 e. The molecule has 2 N–H and O–H groups in total. The van der Waals surface area contributed by atoms with Gasteiger partial charge in [0.25, 0.3) is 18.3 Å². The second kappa shape index (κ2) is 8.87. The van der Waals surface area contributed by atoms with Crippen molar-refractivity contribution in [1.82, 2.24) is 19.9 Å². The lowest BCUT2D eigenvalue weighted by Gasteiger charge is -2.35. The highest BCUT2D eigenvalue weighted by molar-refractivity contribution is 5.64. The minimum Gasteiger partial charge on any atom is -0.384 e. The monoisotopic (exact) mass is 519 g/mol. The first-order chi connectivity index (χ1) is 17.0. The number of nitrogens with two attached hydrogens (primary N) is 1. The fraction of sp³-hybridized carbons (Fsp3) is 0.619. The van der Waals surface area contributed by atoms with E-state index < -0.39 is 54.8 Å². The summed E-state index contributed by atoms with van der Waals surface area (Å²) in [6.07, 6.45) is -2.99. The van der Waals surface area contributed by atoms with Gasteiger partial charge >= 0.3 is 0 Å². The van der Waals surface area contributed by atoms with E-state index in [-0.39, 0.29) is 55.7 Å². The van der Waals surface area contributed by atoms with Crippen LogP contribution in [0.4, 0.5) is 44.1 Å². The van der Waals surface area contributed by atoms with Gasteiger partial charge in [-0.25, -0.2) is 31.3 Å². The van der Waals surface area contributed by atoms with Crippen LogP contribution in [0, 0.1) is 0 Å². The molecule has 3 aliphatic heterocycles. The standard InChI is InChI=1S/C21H23F6N7O2/c1-2-20(24,25)13-7-36-9-33(13)18-30-17(12-5-29-15(28)3-11(12)16(22)23)31-19(32-18)34-10-4-21(26,27)14(34)8-35-6-10/h3,5,10,13-14,16H,2,4,6-9H2,1H3,(H2,28,29).